The topological polar surface area (TPSA) is 37.3 Å². The Hall–Kier alpha value is -1.31. The van der Waals surface area contributed by atoms with E-state index in [0.717, 1.165) is 38.5 Å². The molecule has 1 aliphatic carbocycles. The molecule has 1 aliphatic rings. The van der Waals surface area contributed by atoms with Gasteiger partial charge in [-0.1, -0.05) is 50.5 Å². The van der Waals surface area contributed by atoms with Gasteiger partial charge in [-0.05, 0) is 36.8 Å². The summed E-state index contributed by atoms with van der Waals surface area (Å²) >= 11 is 0. The molecule has 0 aliphatic heterocycles. The largest absolute Gasteiger partial charge is 0.481 e. The van der Waals surface area contributed by atoms with Gasteiger partial charge in [0.05, 0.1) is 5.41 Å². The van der Waals surface area contributed by atoms with Crippen molar-refractivity contribution >= 4 is 5.97 Å². The van der Waals surface area contributed by atoms with Crippen LogP contribution in [0.25, 0.3) is 0 Å². The summed E-state index contributed by atoms with van der Waals surface area (Å²) in [5.74, 6) is -0.604. The Balaban J connectivity index is 2.16. The lowest BCUT2D eigenvalue weighted by Gasteiger charge is -2.34. The number of aryl methyl sites for hydroxylation is 1. The van der Waals surface area contributed by atoms with Crippen molar-refractivity contribution in [3.8, 4) is 0 Å². The number of benzene rings is 1. The summed E-state index contributed by atoms with van der Waals surface area (Å²) in [5.41, 5.74) is 2.07. The number of aliphatic carboxylic acids is 1. The van der Waals surface area contributed by atoms with Crippen LogP contribution in [0, 0.1) is 5.41 Å². The van der Waals surface area contributed by atoms with Gasteiger partial charge in [-0.3, -0.25) is 4.79 Å². The fourth-order valence-electron chi connectivity index (χ4n) is 3.02. The third-order valence-corrected chi connectivity index (χ3v) is 4.23. The molecule has 0 heterocycles. The Bertz CT molecular complexity index is 425. The van der Waals surface area contributed by atoms with E-state index in [-0.39, 0.29) is 0 Å². The summed E-state index contributed by atoms with van der Waals surface area (Å²) in [7, 11) is 0. The van der Waals surface area contributed by atoms with Crippen LogP contribution in [0.5, 0.6) is 0 Å². The molecule has 1 unspecified atom stereocenters. The molecule has 1 aromatic carbocycles. The molecular weight excluding hydrogens is 224 g/mol. The van der Waals surface area contributed by atoms with Crippen molar-refractivity contribution in [2.75, 3.05) is 0 Å². The standard InChI is InChI=1S/C16H22O2/c1-2-3-6-10-16(15(17)18)11-9-13-7-4-5-8-14(13)12-16/h4-5,7-8H,2-3,6,9-12H2,1H3,(H,17,18). The fourth-order valence-corrected chi connectivity index (χ4v) is 3.02. The van der Waals surface area contributed by atoms with Crippen molar-refractivity contribution in [3.63, 3.8) is 0 Å². The van der Waals surface area contributed by atoms with E-state index in [4.69, 9.17) is 0 Å². The van der Waals surface area contributed by atoms with E-state index in [9.17, 15) is 9.90 Å². The van der Waals surface area contributed by atoms with Gasteiger partial charge in [0.1, 0.15) is 0 Å². The average molecular weight is 246 g/mol. The van der Waals surface area contributed by atoms with Gasteiger partial charge in [0.2, 0.25) is 0 Å². The van der Waals surface area contributed by atoms with Crippen LogP contribution in [0.3, 0.4) is 0 Å². The Morgan fingerprint density at radius 3 is 2.67 bits per heavy atom. The highest BCUT2D eigenvalue weighted by Crippen LogP contribution is 2.40. The van der Waals surface area contributed by atoms with Crippen molar-refractivity contribution in [1.82, 2.24) is 0 Å². The van der Waals surface area contributed by atoms with Crippen LogP contribution in [0.1, 0.15) is 50.2 Å². The third kappa shape index (κ3) is 2.58. The number of unbranched alkanes of at least 4 members (excludes halogenated alkanes) is 2. The lowest BCUT2D eigenvalue weighted by molar-refractivity contribution is -0.150. The zero-order valence-corrected chi connectivity index (χ0v) is 11.1. The molecule has 2 heteroatoms. The summed E-state index contributed by atoms with van der Waals surface area (Å²) in [6, 6.07) is 8.28. The second kappa shape index (κ2) is 5.55. The van der Waals surface area contributed by atoms with Crippen LogP contribution in [-0.2, 0) is 17.6 Å². The number of hydrogen-bond acceptors (Lipinski definition) is 1. The minimum absolute atomic E-state index is 0.510. The number of rotatable bonds is 5. The van der Waals surface area contributed by atoms with Crippen LogP contribution in [0.2, 0.25) is 0 Å². The summed E-state index contributed by atoms with van der Waals surface area (Å²) in [6.07, 6.45) is 6.55. The van der Waals surface area contributed by atoms with E-state index < -0.39 is 11.4 Å². The number of carboxylic acid groups (broad SMARTS) is 1. The van der Waals surface area contributed by atoms with Crippen molar-refractivity contribution in [2.24, 2.45) is 5.41 Å². The first-order chi connectivity index (χ1) is 8.68. The van der Waals surface area contributed by atoms with E-state index in [2.05, 4.69) is 19.1 Å². The Morgan fingerprint density at radius 1 is 1.28 bits per heavy atom. The Labute approximate surface area is 109 Å². The minimum Gasteiger partial charge on any atom is -0.481 e. The predicted octanol–water partition coefficient (Wildman–Crippen LogP) is 3.83. The molecule has 18 heavy (non-hydrogen) atoms. The van der Waals surface area contributed by atoms with Crippen LogP contribution in [0.4, 0.5) is 0 Å². The fraction of sp³-hybridized carbons (Fsp3) is 0.562. The first-order valence-corrected chi connectivity index (χ1v) is 6.98. The lowest BCUT2D eigenvalue weighted by Crippen LogP contribution is -2.37. The normalized spacial score (nSPS) is 22.5. The Morgan fingerprint density at radius 2 is 2.00 bits per heavy atom. The van der Waals surface area contributed by atoms with Gasteiger partial charge in [-0.2, -0.15) is 0 Å². The van der Waals surface area contributed by atoms with E-state index in [1.807, 2.05) is 12.1 Å². The molecule has 1 atom stereocenters. The molecule has 2 nitrogen and oxygen atoms in total. The zero-order valence-electron chi connectivity index (χ0n) is 11.1. The summed E-state index contributed by atoms with van der Waals surface area (Å²) in [5, 5.41) is 9.61. The smallest absolute Gasteiger partial charge is 0.309 e. The van der Waals surface area contributed by atoms with Crippen LogP contribution in [0.15, 0.2) is 24.3 Å². The van der Waals surface area contributed by atoms with Gasteiger partial charge in [0.15, 0.2) is 0 Å². The highest BCUT2D eigenvalue weighted by atomic mass is 16.4. The molecule has 0 aromatic heterocycles. The van der Waals surface area contributed by atoms with Gasteiger partial charge in [0.25, 0.3) is 0 Å². The monoisotopic (exact) mass is 246 g/mol. The van der Waals surface area contributed by atoms with Gasteiger partial charge < -0.3 is 5.11 Å². The van der Waals surface area contributed by atoms with Gasteiger partial charge in [0, 0.05) is 0 Å². The minimum atomic E-state index is -0.604. The number of hydrogen-bond donors (Lipinski definition) is 1. The second-order valence-electron chi connectivity index (χ2n) is 5.49. The molecular formula is C16H22O2. The molecule has 0 radical (unpaired) electrons. The maximum Gasteiger partial charge on any atom is 0.309 e. The van der Waals surface area contributed by atoms with Gasteiger partial charge >= 0.3 is 5.97 Å². The molecule has 0 spiro atoms. The van der Waals surface area contributed by atoms with E-state index in [1.165, 1.54) is 11.1 Å². The van der Waals surface area contributed by atoms with E-state index >= 15 is 0 Å². The average Bonchev–Trinajstić information content (AvgIpc) is 2.38. The van der Waals surface area contributed by atoms with Crippen LogP contribution < -0.4 is 0 Å². The molecule has 0 saturated heterocycles. The number of fused-ring (bicyclic) bond motifs is 1. The third-order valence-electron chi connectivity index (χ3n) is 4.23. The SMILES string of the molecule is CCCCCC1(C(=O)O)CCc2ccccc2C1. The maximum atomic E-state index is 11.7. The number of carboxylic acids is 1. The quantitative estimate of drug-likeness (QED) is 0.802. The molecule has 98 valence electrons. The zero-order chi connectivity index (χ0) is 13.0. The molecule has 2 rings (SSSR count). The second-order valence-corrected chi connectivity index (χ2v) is 5.49. The molecule has 1 N–H and O–H groups in total. The van der Waals surface area contributed by atoms with Crippen LogP contribution >= 0.6 is 0 Å². The molecule has 0 amide bonds. The predicted molar refractivity (Wildman–Crippen MR) is 72.7 cm³/mol. The highest BCUT2D eigenvalue weighted by Gasteiger charge is 2.40. The van der Waals surface area contributed by atoms with E-state index in [0.29, 0.717) is 6.42 Å². The first kappa shape index (κ1) is 13.1. The van der Waals surface area contributed by atoms with E-state index in [1.54, 1.807) is 0 Å². The van der Waals surface area contributed by atoms with Crippen molar-refractivity contribution in [2.45, 2.75) is 51.9 Å². The summed E-state index contributed by atoms with van der Waals surface area (Å²) in [4.78, 5) is 11.7. The Kier molecular flexibility index (Phi) is 4.05. The molecule has 0 fully saturated rings. The van der Waals surface area contributed by atoms with Crippen molar-refractivity contribution in [1.29, 1.82) is 0 Å². The summed E-state index contributed by atoms with van der Waals surface area (Å²) < 4.78 is 0. The van der Waals surface area contributed by atoms with Crippen LogP contribution in [-0.4, -0.2) is 11.1 Å². The highest BCUT2D eigenvalue weighted by molar-refractivity contribution is 5.75. The summed E-state index contributed by atoms with van der Waals surface area (Å²) in [6.45, 7) is 2.16. The number of carbonyl (C=O) groups is 1. The first-order valence-electron chi connectivity index (χ1n) is 6.98. The molecule has 0 bridgehead atoms. The lowest BCUT2D eigenvalue weighted by atomic mass is 9.69. The van der Waals surface area contributed by atoms with Gasteiger partial charge in [-0.15, -0.1) is 0 Å². The molecule has 1 aromatic rings. The van der Waals surface area contributed by atoms with Crippen molar-refractivity contribution < 1.29 is 9.90 Å². The maximum absolute atomic E-state index is 11.7. The van der Waals surface area contributed by atoms with Gasteiger partial charge in [-0.25, -0.2) is 0 Å². The molecule has 0 saturated carbocycles. The van der Waals surface area contributed by atoms with Crippen molar-refractivity contribution in [3.05, 3.63) is 35.4 Å².